The van der Waals surface area contributed by atoms with E-state index >= 15 is 0 Å². The minimum absolute atomic E-state index is 0.153. The average Bonchev–Trinajstić information content (AvgIpc) is 3.65. The van der Waals surface area contributed by atoms with Gasteiger partial charge in [0.25, 0.3) is 0 Å². The molecule has 0 unspecified atom stereocenters. The largest absolute Gasteiger partial charge is 0.238 e. The van der Waals surface area contributed by atoms with Crippen LogP contribution < -0.4 is 0 Å². The fourth-order valence-electron chi connectivity index (χ4n) is 3.04. The van der Waals surface area contributed by atoms with Gasteiger partial charge in [-0.05, 0) is 99.8 Å². The molecule has 0 spiro atoms. The molecule has 0 radical (unpaired) electrons. The Balaban J connectivity index is 0.000000158. The third-order valence-corrected chi connectivity index (χ3v) is 9.15. The van der Waals surface area contributed by atoms with E-state index in [1.54, 1.807) is 32.3 Å². The van der Waals surface area contributed by atoms with Crippen molar-refractivity contribution in [3.63, 3.8) is 0 Å². The first kappa shape index (κ1) is 27.9. The maximum Gasteiger partial charge on any atom is 0.238 e. The van der Waals surface area contributed by atoms with Crippen LogP contribution in [0.4, 0.5) is 0 Å². The topological polar surface area (TPSA) is 113 Å². The highest BCUT2D eigenvalue weighted by molar-refractivity contribution is 8.01. The zero-order chi connectivity index (χ0) is 27.8. The quantitative estimate of drug-likeness (QED) is 0.204. The maximum atomic E-state index is 6.12. The third-order valence-electron chi connectivity index (χ3n) is 4.97. The Kier molecular flexibility index (Phi) is 7.93. The molecule has 202 valence electrons. The van der Waals surface area contributed by atoms with Gasteiger partial charge in [-0.25, -0.2) is 9.97 Å². The Bertz CT molecular complexity index is 1690. The molecule has 0 fully saturated rings. The number of thiazole rings is 2. The Hall–Kier alpha value is -2.65. The number of rotatable bonds is 4. The predicted molar refractivity (Wildman–Crippen MR) is 158 cm³/mol. The molecule has 0 aliphatic carbocycles. The van der Waals surface area contributed by atoms with E-state index in [9.17, 15) is 0 Å². The van der Waals surface area contributed by atoms with Crippen molar-refractivity contribution in [1.82, 2.24) is 50.4 Å². The van der Waals surface area contributed by atoms with Gasteiger partial charge in [-0.1, -0.05) is 29.8 Å². The zero-order valence-electron chi connectivity index (χ0n) is 22.0. The van der Waals surface area contributed by atoms with Gasteiger partial charge < -0.3 is 0 Å². The van der Waals surface area contributed by atoms with Gasteiger partial charge in [0.05, 0.1) is 31.0 Å². The standard InChI is InChI=1S/C12H12ClN5S2.C12H13N5S2/c1-12(2,3)18-16-10(15-17-18)20-11-14-9-7(13)5-4-6-8(9)19-11;1-12(2,3)17-15-10(14-16-17)19-11-13-8-6-4-5-7-9(8)18-11/h4-6H,1-3H3;4-7H,1-3H3. The Labute approximate surface area is 246 Å². The second-order valence-corrected chi connectivity index (χ2v) is 15.2. The first-order valence-corrected chi connectivity index (χ1v) is 15.5. The van der Waals surface area contributed by atoms with Crippen molar-refractivity contribution in [2.75, 3.05) is 0 Å². The van der Waals surface area contributed by atoms with E-state index in [-0.39, 0.29) is 11.1 Å². The van der Waals surface area contributed by atoms with Crippen molar-refractivity contribution in [3.8, 4) is 0 Å². The summed E-state index contributed by atoms with van der Waals surface area (Å²) >= 11 is 12.2. The van der Waals surface area contributed by atoms with Gasteiger partial charge in [0.15, 0.2) is 8.68 Å². The smallest absolute Gasteiger partial charge is 0.229 e. The summed E-state index contributed by atoms with van der Waals surface area (Å²) in [6, 6.07) is 13.8. The number of para-hydroxylation sites is 2. The molecule has 0 bridgehead atoms. The monoisotopic (exact) mass is 616 g/mol. The molecule has 39 heavy (non-hydrogen) atoms. The number of benzene rings is 2. The number of hydrogen-bond donors (Lipinski definition) is 0. The number of fused-ring (bicyclic) bond motifs is 2. The molecule has 0 aliphatic rings. The highest BCUT2D eigenvalue weighted by atomic mass is 35.5. The van der Waals surface area contributed by atoms with Crippen LogP contribution in [0.5, 0.6) is 0 Å². The molecule has 0 atom stereocenters. The van der Waals surface area contributed by atoms with Crippen molar-refractivity contribution in [2.24, 2.45) is 0 Å². The molecule has 0 N–H and O–H groups in total. The van der Waals surface area contributed by atoms with Crippen LogP contribution >= 0.6 is 57.8 Å². The lowest BCUT2D eigenvalue weighted by Gasteiger charge is -2.15. The first-order chi connectivity index (χ1) is 18.5. The van der Waals surface area contributed by atoms with E-state index in [1.807, 2.05) is 77.9 Å². The summed E-state index contributed by atoms with van der Waals surface area (Å²) in [5.74, 6) is 0. The Morgan fingerprint density at radius 2 is 1.23 bits per heavy atom. The highest BCUT2D eigenvalue weighted by Crippen LogP contribution is 2.35. The van der Waals surface area contributed by atoms with Crippen LogP contribution in [0.15, 0.2) is 61.5 Å². The van der Waals surface area contributed by atoms with E-state index in [0.29, 0.717) is 15.3 Å². The van der Waals surface area contributed by atoms with E-state index in [0.717, 1.165) is 24.4 Å². The zero-order valence-corrected chi connectivity index (χ0v) is 26.0. The molecular weight excluding hydrogens is 592 g/mol. The first-order valence-electron chi connectivity index (χ1n) is 11.8. The van der Waals surface area contributed by atoms with Crippen LogP contribution in [-0.2, 0) is 11.1 Å². The van der Waals surface area contributed by atoms with Crippen LogP contribution in [0, 0.1) is 0 Å². The van der Waals surface area contributed by atoms with Crippen molar-refractivity contribution in [1.29, 1.82) is 0 Å². The van der Waals surface area contributed by atoms with Crippen LogP contribution in [0.3, 0.4) is 0 Å². The molecule has 0 saturated carbocycles. The van der Waals surface area contributed by atoms with Gasteiger partial charge in [-0.15, -0.1) is 43.1 Å². The molecule has 0 saturated heterocycles. The van der Waals surface area contributed by atoms with Gasteiger partial charge in [0.1, 0.15) is 5.52 Å². The summed E-state index contributed by atoms with van der Waals surface area (Å²) in [5.41, 5.74) is 1.50. The fraction of sp³-hybridized carbons (Fsp3) is 0.333. The molecule has 4 heterocycles. The number of tetrazole rings is 2. The molecule has 6 rings (SSSR count). The van der Waals surface area contributed by atoms with Gasteiger partial charge in [0, 0.05) is 0 Å². The predicted octanol–water partition coefficient (Wildman–Crippen LogP) is 7.03. The van der Waals surface area contributed by atoms with E-state index in [2.05, 4.69) is 46.9 Å². The van der Waals surface area contributed by atoms with E-state index < -0.39 is 0 Å². The summed E-state index contributed by atoms with van der Waals surface area (Å²) in [4.78, 5) is 12.3. The van der Waals surface area contributed by atoms with Crippen molar-refractivity contribution >= 4 is 78.2 Å². The van der Waals surface area contributed by atoms with E-state index in [4.69, 9.17) is 11.6 Å². The average molecular weight is 617 g/mol. The van der Waals surface area contributed by atoms with Gasteiger partial charge >= 0.3 is 0 Å². The molecule has 10 nitrogen and oxygen atoms in total. The molecule has 15 heteroatoms. The van der Waals surface area contributed by atoms with Gasteiger partial charge in [0.2, 0.25) is 10.3 Å². The Morgan fingerprint density at radius 3 is 1.77 bits per heavy atom. The van der Waals surface area contributed by atoms with Crippen LogP contribution in [0.2, 0.25) is 5.02 Å². The summed E-state index contributed by atoms with van der Waals surface area (Å²) in [6.45, 7) is 12.2. The normalized spacial score (nSPS) is 12.2. The number of hydrogen-bond acceptors (Lipinski definition) is 12. The molecular formula is C24H25ClN10S4. The minimum atomic E-state index is -0.178. The third kappa shape index (κ3) is 6.74. The van der Waals surface area contributed by atoms with Crippen LogP contribution in [-0.4, -0.2) is 50.4 Å². The number of nitrogens with zero attached hydrogens (tertiary/aromatic N) is 10. The summed E-state index contributed by atoms with van der Waals surface area (Å²) in [5, 5.41) is 26.9. The van der Waals surface area contributed by atoms with Crippen molar-refractivity contribution in [2.45, 2.75) is 71.6 Å². The lowest BCUT2D eigenvalue weighted by Crippen LogP contribution is -2.24. The molecule has 0 aliphatic heterocycles. The highest BCUT2D eigenvalue weighted by Gasteiger charge is 2.19. The van der Waals surface area contributed by atoms with Crippen molar-refractivity contribution < 1.29 is 0 Å². The molecule has 0 amide bonds. The van der Waals surface area contributed by atoms with Crippen LogP contribution in [0.25, 0.3) is 20.4 Å². The molecule has 6 aromatic rings. The summed E-state index contributed by atoms with van der Waals surface area (Å²) in [7, 11) is 0. The second-order valence-electron chi connectivity index (χ2n) is 10.3. The fourth-order valence-corrected chi connectivity index (χ4v) is 7.04. The Morgan fingerprint density at radius 1 is 0.692 bits per heavy atom. The van der Waals surface area contributed by atoms with Crippen LogP contribution in [0.1, 0.15) is 41.5 Å². The summed E-state index contributed by atoms with van der Waals surface area (Å²) in [6.07, 6.45) is 0. The molecule has 4 aromatic heterocycles. The van der Waals surface area contributed by atoms with Crippen molar-refractivity contribution in [3.05, 3.63) is 47.5 Å². The molecule has 2 aromatic carbocycles. The van der Waals surface area contributed by atoms with Gasteiger partial charge in [-0.3, -0.25) is 0 Å². The number of halogens is 1. The lowest BCUT2D eigenvalue weighted by atomic mass is 10.1. The SMILES string of the molecule is CC(C)(C)n1nnc(Sc2nc3c(Cl)cccc3s2)n1.CC(C)(C)n1nnc(Sc2nc3ccccc3s2)n1. The van der Waals surface area contributed by atoms with Gasteiger partial charge in [-0.2, -0.15) is 9.59 Å². The summed E-state index contributed by atoms with van der Waals surface area (Å²) < 4.78 is 4.03. The maximum absolute atomic E-state index is 6.12. The second kappa shape index (κ2) is 11.1. The number of aromatic nitrogens is 10. The lowest BCUT2D eigenvalue weighted by molar-refractivity contribution is 0.304. The minimum Gasteiger partial charge on any atom is -0.229 e. The van der Waals surface area contributed by atoms with E-state index in [1.165, 1.54) is 28.2 Å².